The smallest absolute Gasteiger partial charge is 0.334 e. The molecule has 158 valence electrons. The van der Waals surface area contributed by atoms with Gasteiger partial charge in [0.1, 0.15) is 12.4 Å². The van der Waals surface area contributed by atoms with Gasteiger partial charge in [-0.15, -0.1) is 0 Å². The minimum Gasteiger partial charge on any atom is -0.493 e. The molecule has 0 saturated heterocycles. The Morgan fingerprint density at radius 3 is 2.66 bits per heavy atom. The Morgan fingerprint density at radius 1 is 1.17 bits per heavy atom. The van der Waals surface area contributed by atoms with Gasteiger partial charge in [0, 0.05) is 6.42 Å². The predicted molar refractivity (Wildman–Crippen MR) is 105 cm³/mol. The molecule has 3 rings (SSSR count). The highest BCUT2D eigenvalue weighted by Crippen LogP contribution is 2.37. The third-order valence-corrected chi connectivity index (χ3v) is 5.06. The number of fused-ring (bicyclic) bond motifs is 1. The molecule has 4 unspecified atom stereocenters. The number of allylic oxidation sites excluding steroid dienone is 1. The molecule has 0 spiro atoms. The van der Waals surface area contributed by atoms with Crippen molar-refractivity contribution >= 4 is 11.8 Å². The molecule has 7 heteroatoms. The van der Waals surface area contributed by atoms with Crippen LogP contribution in [-0.2, 0) is 23.8 Å². The minimum atomic E-state index is -0.639. The quantitative estimate of drug-likeness (QED) is 0.614. The maximum Gasteiger partial charge on any atom is 0.334 e. The van der Waals surface area contributed by atoms with Crippen LogP contribution in [0.15, 0.2) is 36.3 Å². The van der Waals surface area contributed by atoms with E-state index in [0.29, 0.717) is 44.0 Å². The molecule has 1 aliphatic heterocycles. The van der Waals surface area contributed by atoms with E-state index in [9.17, 15) is 9.59 Å². The first-order chi connectivity index (χ1) is 14.0. The van der Waals surface area contributed by atoms with Crippen LogP contribution < -0.4 is 9.47 Å². The molecule has 1 aliphatic carbocycles. The molecule has 0 bridgehead atoms. The Kier molecular flexibility index (Phi) is 7.14. The van der Waals surface area contributed by atoms with Gasteiger partial charge in [0.05, 0.1) is 25.2 Å². The molecule has 0 aromatic heterocycles. The molecule has 4 atom stereocenters. The number of rotatable bonds is 8. The highest BCUT2D eigenvalue weighted by atomic mass is 16.6. The first-order valence-electron chi connectivity index (χ1n) is 10.1. The van der Waals surface area contributed by atoms with E-state index in [1.807, 2.05) is 19.1 Å². The largest absolute Gasteiger partial charge is 0.493 e. The summed E-state index contributed by atoms with van der Waals surface area (Å²) in [6, 6.07) is 7.22. The van der Waals surface area contributed by atoms with Crippen molar-refractivity contribution in [3.8, 4) is 11.5 Å². The van der Waals surface area contributed by atoms with Crippen molar-refractivity contribution in [1.82, 2.24) is 0 Å². The van der Waals surface area contributed by atoms with Crippen LogP contribution in [0.4, 0.5) is 0 Å². The van der Waals surface area contributed by atoms with Crippen molar-refractivity contribution in [3.05, 3.63) is 36.3 Å². The second-order valence-electron chi connectivity index (χ2n) is 7.07. The first kappa shape index (κ1) is 21.2. The van der Waals surface area contributed by atoms with E-state index in [1.54, 1.807) is 26.0 Å². The number of ether oxygens (including phenoxy) is 5. The van der Waals surface area contributed by atoms with Crippen molar-refractivity contribution in [1.29, 1.82) is 0 Å². The maximum absolute atomic E-state index is 12.9. The number of benzene rings is 1. The van der Waals surface area contributed by atoms with Crippen LogP contribution in [0.3, 0.4) is 0 Å². The first-order valence-corrected chi connectivity index (χ1v) is 10.1. The predicted octanol–water partition coefficient (Wildman–Crippen LogP) is 3.41. The summed E-state index contributed by atoms with van der Waals surface area (Å²) < 4.78 is 28.0. The van der Waals surface area contributed by atoms with Gasteiger partial charge in [-0.05, 0) is 45.7 Å². The summed E-state index contributed by atoms with van der Waals surface area (Å²) in [5.41, 5.74) is 0. The number of carbonyl (C=O) groups excluding carboxylic acids is 2. The second kappa shape index (κ2) is 9.78. The van der Waals surface area contributed by atoms with E-state index in [-0.39, 0.29) is 35.6 Å². The van der Waals surface area contributed by atoms with Crippen molar-refractivity contribution in [3.63, 3.8) is 0 Å². The van der Waals surface area contributed by atoms with Crippen LogP contribution in [0, 0.1) is 5.92 Å². The lowest BCUT2D eigenvalue weighted by atomic mass is 9.80. The number of hydrogen-bond donors (Lipinski definition) is 0. The number of para-hydroxylation sites is 2. The molecule has 1 aromatic carbocycles. The number of hydrogen-bond acceptors (Lipinski definition) is 7. The van der Waals surface area contributed by atoms with Crippen molar-refractivity contribution in [2.24, 2.45) is 5.92 Å². The van der Waals surface area contributed by atoms with Crippen LogP contribution in [0.1, 0.15) is 40.0 Å². The summed E-state index contributed by atoms with van der Waals surface area (Å²) >= 11 is 0. The molecule has 2 aliphatic rings. The standard InChI is InChI=1S/C22H28O7/c1-4-25-17-8-6-7-9-18(17)29-20-13-27-19-12-15(10-11-16(19)21(20)23)28-14(3)22(24)26-5-2/h6-9,13-16,19H,4-5,10-12H2,1-3H3. The maximum atomic E-state index is 12.9. The summed E-state index contributed by atoms with van der Waals surface area (Å²) in [5, 5.41) is 0. The van der Waals surface area contributed by atoms with Gasteiger partial charge < -0.3 is 23.7 Å². The highest BCUT2D eigenvalue weighted by Gasteiger charge is 2.42. The average Bonchev–Trinajstić information content (AvgIpc) is 2.72. The zero-order valence-corrected chi connectivity index (χ0v) is 17.1. The van der Waals surface area contributed by atoms with Crippen molar-refractivity contribution in [2.45, 2.75) is 58.3 Å². The fraction of sp³-hybridized carbons (Fsp3) is 0.545. The van der Waals surface area contributed by atoms with Gasteiger partial charge >= 0.3 is 5.97 Å². The molecule has 1 saturated carbocycles. The lowest BCUT2D eigenvalue weighted by Crippen LogP contribution is -2.43. The van der Waals surface area contributed by atoms with Gasteiger partial charge in [0.25, 0.3) is 0 Å². The van der Waals surface area contributed by atoms with E-state index in [1.165, 1.54) is 6.26 Å². The molecule has 7 nitrogen and oxygen atoms in total. The summed E-state index contributed by atoms with van der Waals surface area (Å²) in [4.78, 5) is 24.7. The minimum absolute atomic E-state index is 0.0792. The van der Waals surface area contributed by atoms with Crippen molar-refractivity contribution < 1.29 is 33.3 Å². The number of carbonyl (C=O) groups is 2. The molecule has 1 fully saturated rings. The normalized spacial score (nSPS) is 24.6. The molecule has 29 heavy (non-hydrogen) atoms. The molecular weight excluding hydrogens is 376 g/mol. The molecule has 0 N–H and O–H groups in total. The fourth-order valence-corrected chi connectivity index (χ4v) is 3.66. The van der Waals surface area contributed by atoms with Gasteiger partial charge in [-0.1, -0.05) is 12.1 Å². The zero-order chi connectivity index (χ0) is 20.8. The highest BCUT2D eigenvalue weighted by molar-refractivity contribution is 5.96. The van der Waals surface area contributed by atoms with Gasteiger partial charge in [-0.2, -0.15) is 0 Å². The summed E-state index contributed by atoms with van der Waals surface area (Å²) in [6.45, 7) is 6.15. The summed E-state index contributed by atoms with van der Waals surface area (Å²) in [6.07, 6.45) is 2.12. The Labute approximate surface area is 170 Å². The van der Waals surface area contributed by atoms with Gasteiger partial charge in [0.2, 0.25) is 11.5 Å². The fourth-order valence-electron chi connectivity index (χ4n) is 3.66. The van der Waals surface area contributed by atoms with Crippen LogP contribution in [0.2, 0.25) is 0 Å². The zero-order valence-electron chi connectivity index (χ0n) is 17.1. The van der Waals surface area contributed by atoms with E-state index >= 15 is 0 Å². The lowest BCUT2D eigenvalue weighted by molar-refractivity contribution is -0.164. The van der Waals surface area contributed by atoms with Gasteiger partial charge in [0.15, 0.2) is 17.6 Å². The third-order valence-electron chi connectivity index (χ3n) is 5.06. The van der Waals surface area contributed by atoms with Crippen LogP contribution >= 0.6 is 0 Å². The average molecular weight is 404 g/mol. The van der Waals surface area contributed by atoms with Gasteiger partial charge in [-0.3, -0.25) is 4.79 Å². The van der Waals surface area contributed by atoms with Crippen molar-refractivity contribution in [2.75, 3.05) is 13.2 Å². The van der Waals surface area contributed by atoms with E-state index in [0.717, 1.165) is 0 Å². The summed E-state index contributed by atoms with van der Waals surface area (Å²) in [5.74, 6) is 0.500. The SMILES string of the molecule is CCOC(=O)C(C)OC1CCC2C(=O)C(Oc3ccccc3OCC)=COC2C1. The number of ketones is 1. The molecule has 1 heterocycles. The second-order valence-corrected chi connectivity index (χ2v) is 7.07. The molecular formula is C22H28O7. The topological polar surface area (TPSA) is 80.3 Å². The lowest BCUT2D eigenvalue weighted by Gasteiger charge is -2.37. The third kappa shape index (κ3) is 5.09. The van der Waals surface area contributed by atoms with Gasteiger partial charge in [-0.25, -0.2) is 4.79 Å². The molecule has 1 aromatic rings. The van der Waals surface area contributed by atoms with E-state index in [2.05, 4.69) is 0 Å². The van der Waals surface area contributed by atoms with Crippen LogP contribution in [-0.4, -0.2) is 43.3 Å². The monoisotopic (exact) mass is 404 g/mol. The van der Waals surface area contributed by atoms with E-state index in [4.69, 9.17) is 23.7 Å². The summed E-state index contributed by atoms with van der Waals surface area (Å²) in [7, 11) is 0. The van der Waals surface area contributed by atoms with E-state index < -0.39 is 6.10 Å². The molecule has 0 radical (unpaired) electrons. The number of Topliss-reactive ketones (excluding diaryl/α,β-unsaturated/α-hetero) is 1. The molecule has 0 amide bonds. The Balaban J connectivity index is 1.62. The Hall–Kier alpha value is -2.54. The van der Waals surface area contributed by atoms with Crippen LogP contribution in [0.25, 0.3) is 0 Å². The Morgan fingerprint density at radius 2 is 1.93 bits per heavy atom. The Bertz CT molecular complexity index is 757. The number of esters is 1. The van der Waals surface area contributed by atoms with Crippen LogP contribution in [0.5, 0.6) is 11.5 Å².